The van der Waals surface area contributed by atoms with E-state index in [0.29, 0.717) is 21.8 Å². The van der Waals surface area contributed by atoms with Gasteiger partial charge in [-0.15, -0.1) is 11.3 Å². The molecule has 0 aliphatic heterocycles. The lowest BCUT2D eigenvalue weighted by molar-refractivity contribution is -0.115. The molecule has 33 heavy (non-hydrogen) atoms. The molecule has 3 aromatic heterocycles. The van der Waals surface area contributed by atoms with E-state index in [1.807, 2.05) is 47.0 Å². The summed E-state index contributed by atoms with van der Waals surface area (Å²) < 4.78 is 7.00. The van der Waals surface area contributed by atoms with Gasteiger partial charge in [-0.05, 0) is 43.7 Å². The van der Waals surface area contributed by atoms with Crippen LogP contribution in [0.1, 0.15) is 38.2 Å². The minimum Gasteiger partial charge on any atom is -0.462 e. The first kappa shape index (κ1) is 22.2. The van der Waals surface area contributed by atoms with Crippen LogP contribution in [-0.4, -0.2) is 33.8 Å². The van der Waals surface area contributed by atoms with Crippen molar-refractivity contribution in [1.82, 2.24) is 9.38 Å². The van der Waals surface area contributed by atoms with Crippen LogP contribution in [0.5, 0.6) is 0 Å². The number of hydrogen-bond donors (Lipinski definition) is 2. The first-order valence-electron chi connectivity index (χ1n) is 10.4. The number of benzene rings is 1. The fourth-order valence-corrected chi connectivity index (χ4v) is 4.49. The molecule has 0 saturated heterocycles. The second kappa shape index (κ2) is 9.66. The molecule has 9 heteroatoms. The SMILES string of the molecule is CCOC(=O)c1c(NC(=O)Cc2cn3ccccc3n2)sc(C(=O)Nc2ccccc2)c1C. The van der Waals surface area contributed by atoms with Gasteiger partial charge < -0.3 is 19.8 Å². The number of ether oxygens (including phenoxy) is 1. The predicted molar refractivity (Wildman–Crippen MR) is 127 cm³/mol. The fourth-order valence-electron chi connectivity index (χ4n) is 3.38. The minimum atomic E-state index is -0.590. The van der Waals surface area contributed by atoms with E-state index in [4.69, 9.17) is 4.74 Å². The van der Waals surface area contributed by atoms with Crippen LogP contribution >= 0.6 is 11.3 Å². The minimum absolute atomic E-state index is 0.0203. The number of fused-ring (bicyclic) bond motifs is 1. The molecular weight excluding hydrogens is 440 g/mol. The lowest BCUT2D eigenvalue weighted by Gasteiger charge is -2.06. The van der Waals surface area contributed by atoms with Crippen molar-refractivity contribution < 1.29 is 19.1 Å². The van der Waals surface area contributed by atoms with Gasteiger partial charge in [0.25, 0.3) is 5.91 Å². The number of amides is 2. The zero-order chi connectivity index (χ0) is 23.4. The molecule has 168 valence electrons. The average molecular weight is 463 g/mol. The van der Waals surface area contributed by atoms with Gasteiger partial charge in [0.05, 0.1) is 29.2 Å². The van der Waals surface area contributed by atoms with E-state index in [-0.39, 0.29) is 35.4 Å². The van der Waals surface area contributed by atoms with E-state index in [0.717, 1.165) is 17.0 Å². The molecule has 0 aliphatic rings. The maximum absolute atomic E-state index is 12.9. The first-order valence-corrected chi connectivity index (χ1v) is 11.2. The van der Waals surface area contributed by atoms with Crippen LogP contribution in [-0.2, 0) is 16.0 Å². The van der Waals surface area contributed by atoms with Crippen molar-refractivity contribution in [2.75, 3.05) is 17.2 Å². The molecule has 0 aliphatic carbocycles. The highest BCUT2D eigenvalue weighted by molar-refractivity contribution is 7.18. The third-order valence-electron chi connectivity index (χ3n) is 4.87. The molecule has 3 heterocycles. The highest BCUT2D eigenvalue weighted by Crippen LogP contribution is 2.34. The van der Waals surface area contributed by atoms with Gasteiger partial charge in [0, 0.05) is 18.1 Å². The second-order valence-electron chi connectivity index (χ2n) is 7.22. The van der Waals surface area contributed by atoms with E-state index in [2.05, 4.69) is 15.6 Å². The Hall–Kier alpha value is -3.98. The third-order valence-corrected chi connectivity index (χ3v) is 6.08. The van der Waals surface area contributed by atoms with Gasteiger partial charge in [0.15, 0.2) is 0 Å². The molecule has 4 aromatic rings. The number of para-hydroxylation sites is 1. The normalized spacial score (nSPS) is 10.7. The molecule has 0 bridgehead atoms. The van der Waals surface area contributed by atoms with Crippen LogP contribution in [0.15, 0.2) is 60.9 Å². The van der Waals surface area contributed by atoms with Crippen LogP contribution in [0.2, 0.25) is 0 Å². The molecule has 0 spiro atoms. The van der Waals surface area contributed by atoms with Gasteiger partial charge in [0.2, 0.25) is 5.91 Å². The van der Waals surface area contributed by atoms with E-state index in [1.54, 1.807) is 32.2 Å². The Morgan fingerprint density at radius 2 is 1.82 bits per heavy atom. The summed E-state index contributed by atoms with van der Waals surface area (Å²) in [5, 5.41) is 5.86. The number of hydrogen-bond acceptors (Lipinski definition) is 6. The number of anilines is 2. The summed E-state index contributed by atoms with van der Waals surface area (Å²) in [5.74, 6) is -1.30. The molecule has 2 N–H and O–H groups in total. The molecule has 8 nitrogen and oxygen atoms in total. The summed E-state index contributed by atoms with van der Waals surface area (Å²) in [5.41, 5.74) is 2.59. The van der Waals surface area contributed by atoms with Crippen LogP contribution in [0.25, 0.3) is 5.65 Å². The van der Waals surface area contributed by atoms with Crippen molar-refractivity contribution in [3.63, 3.8) is 0 Å². The number of pyridine rings is 1. The molecule has 0 fully saturated rings. The highest BCUT2D eigenvalue weighted by atomic mass is 32.1. The standard InChI is InChI=1S/C24H22N4O4S/c1-3-32-24(31)20-15(2)21(22(30)26-16-9-5-4-6-10-16)33-23(20)27-19(29)13-17-14-28-12-8-7-11-18(28)25-17/h4-12,14H,3,13H2,1-2H3,(H,26,30)(H,27,29). The molecule has 0 saturated carbocycles. The summed E-state index contributed by atoms with van der Waals surface area (Å²) in [6.45, 7) is 3.54. The lowest BCUT2D eigenvalue weighted by Crippen LogP contribution is -2.17. The smallest absolute Gasteiger partial charge is 0.341 e. The zero-order valence-electron chi connectivity index (χ0n) is 18.1. The Morgan fingerprint density at radius 1 is 1.06 bits per heavy atom. The number of aromatic nitrogens is 2. The summed E-state index contributed by atoms with van der Waals surface area (Å²) in [6.07, 6.45) is 3.65. The third kappa shape index (κ3) is 4.93. The number of carbonyl (C=O) groups excluding carboxylic acids is 3. The Balaban J connectivity index is 1.58. The van der Waals surface area contributed by atoms with Crippen molar-refractivity contribution in [3.8, 4) is 0 Å². The number of rotatable bonds is 7. The van der Waals surface area contributed by atoms with Crippen molar-refractivity contribution in [1.29, 1.82) is 0 Å². The number of thiophene rings is 1. The number of nitrogens with one attached hydrogen (secondary N) is 2. The number of nitrogens with zero attached hydrogens (tertiary/aromatic N) is 2. The Labute approximate surface area is 194 Å². The van der Waals surface area contributed by atoms with Crippen molar-refractivity contribution >= 4 is 45.5 Å². The Bertz CT molecular complexity index is 1290. The molecule has 0 radical (unpaired) electrons. The van der Waals surface area contributed by atoms with Gasteiger partial charge in [-0.3, -0.25) is 9.59 Å². The molecule has 2 amide bonds. The molecule has 4 rings (SSSR count). The zero-order valence-corrected chi connectivity index (χ0v) is 18.9. The molecule has 0 atom stereocenters. The van der Waals surface area contributed by atoms with Gasteiger partial charge in [0.1, 0.15) is 10.6 Å². The number of carbonyl (C=O) groups is 3. The van der Waals surface area contributed by atoms with E-state index in [1.165, 1.54) is 0 Å². The van der Waals surface area contributed by atoms with Gasteiger partial charge >= 0.3 is 5.97 Å². The summed E-state index contributed by atoms with van der Waals surface area (Å²) >= 11 is 1.04. The Morgan fingerprint density at radius 3 is 2.55 bits per heavy atom. The largest absolute Gasteiger partial charge is 0.462 e. The maximum atomic E-state index is 12.9. The highest BCUT2D eigenvalue weighted by Gasteiger charge is 2.27. The second-order valence-corrected chi connectivity index (χ2v) is 8.24. The summed E-state index contributed by atoms with van der Waals surface area (Å²) in [4.78, 5) is 43.0. The van der Waals surface area contributed by atoms with Crippen molar-refractivity contribution in [2.24, 2.45) is 0 Å². The van der Waals surface area contributed by atoms with Gasteiger partial charge in [-0.1, -0.05) is 24.3 Å². The maximum Gasteiger partial charge on any atom is 0.341 e. The van der Waals surface area contributed by atoms with E-state index in [9.17, 15) is 14.4 Å². The van der Waals surface area contributed by atoms with E-state index < -0.39 is 5.97 Å². The van der Waals surface area contributed by atoms with Gasteiger partial charge in [-0.2, -0.15) is 0 Å². The van der Waals surface area contributed by atoms with Crippen LogP contribution in [0.4, 0.5) is 10.7 Å². The summed E-state index contributed by atoms with van der Waals surface area (Å²) in [6, 6.07) is 14.6. The molecule has 0 unspecified atom stereocenters. The quantitative estimate of drug-likeness (QED) is 0.399. The number of imidazole rings is 1. The Kier molecular flexibility index (Phi) is 6.50. The predicted octanol–water partition coefficient (Wildman–Crippen LogP) is 4.31. The van der Waals surface area contributed by atoms with Gasteiger partial charge in [-0.25, -0.2) is 9.78 Å². The van der Waals surface area contributed by atoms with Crippen molar-refractivity contribution in [3.05, 3.63) is 82.6 Å². The van der Waals surface area contributed by atoms with Crippen molar-refractivity contribution in [2.45, 2.75) is 20.3 Å². The number of esters is 1. The molecular formula is C24H22N4O4S. The van der Waals surface area contributed by atoms with Crippen LogP contribution in [0.3, 0.4) is 0 Å². The topological polar surface area (TPSA) is 102 Å². The fraction of sp³-hybridized carbons (Fsp3) is 0.167. The van der Waals surface area contributed by atoms with Crippen LogP contribution in [0, 0.1) is 6.92 Å². The molecule has 1 aromatic carbocycles. The first-order chi connectivity index (χ1) is 16.0. The lowest BCUT2D eigenvalue weighted by atomic mass is 10.1. The monoisotopic (exact) mass is 462 g/mol. The van der Waals surface area contributed by atoms with E-state index >= 15 is 0 Å². The summed E-state index contributed by atoms with van der Waals surface area (Å²) in [7, 11) is 0. The average Bonchev–Trinajstić information content (AvgIpc) is 3.34. The van der Waals surface area contributed by atoms with Crippen LogP contribution < -0.4 is 10.6 Å².